The summed E-state index contributed by atoms with van der Waals surface area (Å²) in [5.74, 6) is -1.46. The first-order valence-corrected chi connectivity index (χ1v) is 8.94. The lowest BCUT2D eigenvalue weighted by Crippen LogP contribution is -2.54. The minimum absolute atomic E-state index is 0.0831. The Morgan fingerprint density at radius 1 is 1.48 bits per heavy atom. The second kappa shape index (κ2) is 7.55. The lowest BCUT2D eigenvalue weighted by atomic mass is 9.72. The number of fused-ring (bicyclic) bond motifs is 1. The maximum atomic E-state index is 12.1. The van der Waals surface area contributed by atoms with Crippen molar-refractivity contribution in [1.82, 2.24) is 10.6 Å². The number of carbonyl (C=O) groups is 2. The molecule has 1 aromatic rings. The summed E-state index contributed by atoms with van der Waals surface area (Å²) in [6.07, 6.45) is 0.280. The monoisotopic (exact) mass is 366 g/mol. The molecule has 0 radical (unpaired) electrons. The van der Waals surface area contributed by atoms with E-state index in [1.807, 2.05) is 0 Å². The standard InChI is InChI=1S/C15H19BN2O6S/c1-23-10-3-2-8-4-11(16(22)24-14(8)13(10)15(20)21)18-12(19)7-25-9-5-17-6-9/h2-3,9,11,17,22H,4-7H2,1H3,(H,18,19)(H,20,21)/t11-/m0/s1. The average Bonchev–Trinajstić information content (AvgIpc) is 2.52. The number of amides is 1. The molecule has 1 fully saturated rings. The zero-order valence-corrected chi connectivity index (χ0v) is 14.5. The highest BCUT2D eigenvalue weighted by Crippen LogP contribution is 2.36. The van der Waals surface area contributed by atoms with Gasteiger partial charge < -0.3 is 30.2 Å². The van der Waals surface area contributed by atoms with Crippen LogP contribution >= 0.6 is 11.8 Å². The van der Waals surface area contributed by atoms with Gasteiger partial charge in [-0.3, -0.25) is 4.79 Å². The van der Waals surface area contributed by atoms with E-state index in [0.29, 0.717) is 16.6 Å². The summed E-state index contributed by atoms with van der Waals surface area (Å²) in [4.78, 5) is 23.5. The van der Waals surface area contributed by atoms with E-state index in [2.05, 4.69) is 10.6 Å². The van der Waals surface area contributed by atoms with Gasteiger partial charge in [0.05, 0.1) is 18.8 Å². The second-order valence-corrected chi connectivity index (χ2v) is 7.20. The number of benzene rings is 1. The van der Waals surface area contributed by atoms with Gasteiger partial charge in [-0.25, -0.2) is 4.79 Å². The molecular weight excluding hydrogens is 347 g/mol. The van der Waals surface area contributed by atoms with Crippen molar-refractivity contribution >= 4 is 30.8 Å². The van der Waals surface area contributed by atoms with Gasteiger partial charge in [-0.2, -0.15) is 0 Å². The normalized spacial score (nSPS) is 19.4. The number of rotatable bonds is 6. The Morgan fingerprint density at radius 2 is 2.24 bits per heavy atom. The molecule has 25 heavy (non-hydrogen) atoms. The van der Waals surface area contributed by atoms with Gasteiger partial charge >= 0.3 is 13.1 Å². The third-order valence-electron chi connectivity index (χ3n) is 4.20. The van der Waals surface area contributed by atoms with Crippen LogP contribution in [0, 0.1) is 0 Å². The van der Waals surface area contributed by atoms with Gasteiger partial charge in [-0.1, -0.05) is 6.07 Å². The molecule has 0 saturated carbocycles. The molecule has 0 bridgehead atoms. The summed E-state index contributed by atoms with van der Waals surface area (Å²) in [7, 11) is 0.0446. The Hall–Kier alpha value is -1.91. The molecular formula is C15H19BN2O6S. The van der Waals surface area contributed by atoms with Crippen molar-refractivity contribution < 1.29 is 29.1 Å². The highest BCUT2D eigenvalue weighted by Gasteiger charge is 2.38. The molecule has 2 aliphatic heterocycles. The Morgan fingerprint density at radius 3 is 2.84 bits per heavy atom. The van der Waals surface area contributed by atoms with Gasteiger partial charge in [0.1, 0.15) is 17.1 Å². The number of hydrogen-bond donors (Lipinski definition) is 4. The Balaban J connectivity index is 1.69. The fourth-order valence-electron chi connectivity index (χ4n) is 2.76. The first-order valence-electron chi connectivity index (χ1n) is 7.89. The van der Waals surface area contributed by atoms with Crippen LogP contribution in [0.3, 0.4) is 0 Å². The molecule has 0 spiro atoms. The summed E-state index contributed by atoms with van der Waals surface area (Å²) < 4.78 is 10.5. The number of nitrogens with one attached hydrogen (secondary N) is 2. The maximum absolute atomic E-state index is 12.1. The van der Waals surface area contributed by atoms with Crippen molar-refractivity contribution in [2.45, 2.75) is 17.6 Å². The van der Waals surface area contributed by atoms with Crippen LogP contribution in [-0.4, -0.2) is 66.3 Å². The zero-order chi connectivity index (χ0) is 18.0. The molecule has 1 aromatic carbocycles. The lowest BCUT2D eigenvalue weighted by molar-refractivity contribution is -0.119. The van der Waals surface area contributed by atoms with E-state index in [-0.39, 0.29) is 29.4 Å². The quantitative estimate of drug-likeness (QED) is 0.500. The van der Waals surface area contributed by atoms with Gasteiger partial charge in [-0.05, 0) is 18.1 Å². The molecule has 1 atom stereocenters. The van der Waals surface area contributed by atoms with Crippen LogP contribution in [0.2, 0.25) is 0 Å². The van der Waals surface area contributed by atoms with E-state index in [0.717, 1.165) is 13.1 Å². The first kappa shape index (κ1) is 17.9. The molecule has 0 aromatic heterocycles. The number of ether oxygens (including phenoxy) is 1. The Labute approximate surface area is 149 Å². The van der Waals surface area contributed by atoms with E-state index in [4.69, 9.17) is 9.39 Å². The molecule has 2 heterocycles. The largest absolute Gasteiger partial charge is 0.547 e. The summed E-state index contributed by atoms with van der Waals surface area (Å²) >= 11 is 1.57. The summed E-state index contributed by atoms with van der Waals surface area (Å²) in [6, 6.07) is 3.22. The molecule has 1 saturated heterocycles. The number of thioether (sulfide) groups is 1. The molecule has 3 rings (SSSR count). The van der Waals surface area contributed by atoms with Gasteiger partial charge in [-0.15, -0.1) is 11.8 Å². The minimum Gasteiger partial charge on any atom is -0.534 e. The lowest BCUT2D eigenvalue weighted by Gasteiger charge is -2.30. The van der Waals surface area contributed by atoms with E-state index >= 15 is 0 Å². The molecule has 0 aliphatic carbocycles. The van der Waals surface area contributed by atoms with Crippen molar-refractivity contribution in [3.05, 3.63) is 23.3 Å². The predicted octanol–water partition coefficient (Wildman–Crippen LogP) is -0.462. The molecule has 1 amide bonds. The van der Waals surface area contributed by atoms with Crippen LogP contribution in [0.15, 0.2) is 12.1 Å². The van der Waals surface area contributed by atoms with Gasteiger partial charge in [0, 0.05) is 18.3 Å². The molecule has 8 nitrogen and oxygen atoms in total. The van der Waals surface area contributed by atoms with Gasteiger partial charge in [0.2, 0.25) is 5.91 Å². The van der Waals surface area contributed by atoms with Crippen LogP contribution in [-0.2, 0) is 11.2 Å². The molecule has 10 heteroatoms. The number of carbonyl (C=O) groups excluding carboxylic acids is 1. The van der Waals surface area contributed by atoms with Crippen LogP contribution < -0.4 is 20.0 Å². The third kappa shape index (κ3) is 3.86. The SMILES string of the molecule is COc1ccc2c(c1C(=O)O)OB(O)[C@@H](NC(=O)CSC1CNC1)C2. The molecule has 0 unspecified atom stereocenters. The van der Waals surface area contributed by atoms with E-state index in [9.17, 15) is 19.7 Å². The summed E-state index contributed by atoms with van der Waals surface area (Å²) in [5.41, 5.74) is 0.474. The van der Waals surface area contributed by atoms with Crippen molar-refractivity contribution in [3.63, 3.8) is 0 Å². The van der Waals surface area contributed by atoms with E-state index < -0.39 is 19.0 Å². The Bertz CT molecular complexity index is 684. The highest BCUT2D eigenvalue weighted by molar-refractivity contribution is 8.00. The van der Waals surface area contributed by atoms with E-state index in [1.54, 1.807) is 23.9 Å². The molecule has 4 N–H and O–H groups in total. The number of aromatic carboxylic acids is 1. The summed E-state index contributed by atoms with van der Waals surface area (Å²) in [6.45, 7) is 1.81. The third-order valence-corrected chi connectivity index (χ3v) is 5.43. The molecule has 134 valence electrons. The average molecular weight is 366 g/mol. The summed E-state index contributed by atoms with van der Waals surface area (Å²) in [5, 5.41) is 25.9. The van der Waals surface area contributed by atoms with Crippen LogP contribution in [0.25, 0.3) is 0 Å². The predicted molar refractivity (Wildman–Crippen MR) is 93.3 cm³/mol. The van der Waals surface area contributed by atoms with Crippen LogP contribution in [0.5, 0.6) is 11.5 Å². The fourth-order valence-corrected chi connectivity index (χ4v) is 3.70. The number of methoxy groups -OCH3 is 1. The first-order chi connectivity index (χ1) is 12.0. The van der Waals surface area contributed by atoms with Gasteiger partial charge in [0.15, 0.2) is 0 Å². The van der Waals surface area contributed by atoms with Crippen LogP contribution in [0.4, 0.5) is 0 Å². The zero-order valence-electron chi connectivity index (χ0n) is 13.7. The maximum Gasteiger partial charge on any atom is 0.547 e. The fraction of sp³-hybridized carbons (Fsp3) is 0.467. The minimum atomic E-state index is -1.32. The van der Waals surface area contributed by atoms with Crippen molar-refractivity contribution in [2.24, 2.45) is 0 Å². The number of carboxylic acid groups (broad SMARTS) is 1. The second-order valence-electron chi connectivity index (χ2n) is 5.91. The highest BCUT2D eigenvalue weighted by atomic mass is 32.2. The Kier molecular flexibility index (Phi) is 5.40. The smallest absolute Gasteiger partial charge is 0.534 e. The topological polar surface area (TPSA) is 117 Å². The van der Waals surface area contributed by atoms with Crippen molar-refractivity contribution in [1.29, 1.82) is 0 Å². The van der Waals surface area contributed by atoms with Crippen molar-refractivity contribution in [2.75, 3.05) is 26.0 Å². The number of carboxylic acids is 1. The molecule has 2 aliphatic rings. The number of hydrogen-bond acceptors (Lipinski definition) is 7. The van der Waals surface area contributed by atoms with E-state index in [1.165, 1.54) is 7.11 Å². The van der Waals surface area contributed by atoms with Gasteiger partial charge in [0.25, 0.3) is 0 Å². The van der Waals surface area contributed by atoms with Crippen LogP contribution in [0.1, 0.15) is 15.9 Å². The van der Waals surface area contributed by atoms with Crippen molar-refractivity contribution in [3.8, 4) is 11.5 Å².